The Morgan fingerprint density at radius 1 is 1.21 bits per heavy atom. The second kappa shape index (κ2) is 12.3. The molecule has 1 aliphatic carbocycles. The molecule has 2 aromatic heterocycles. The molecule has 0 saturated heterocycles. The molecule has 0 radical (unpaired) electrons. The molecule has 3 aromatic rings. The number of rotatable bonds is 6. The first-order chi connectivity index (χ1) is 16.5. The van der Waals surface area contributed by atoms with Gasteiger partial charge in [0.25, 0.3) is 0 Å². The monoisotopic (exact) mass is 454 g/mol. The van der Waals surface area contributed by atoms with Gasteiger partial charge in [0.1, 0.15) is 5.82 Å². The van der Waals surface area contributed by atoms with Gasteiger partial charge in [-0.25, -0.2) is 4.98 Å². The van der Waals surface area contributed by atoms with Gasteiger partial charge in [0.05, 0.1) is 24.3 Å². The van der Waals surface area contributed by atoms with Gasteiger partial charge in [-0.15, -0.1) is 0 Å². The highest BCUT2D eigenvalue weighted by molar-refractivity contribution is 5.91. The number of allylic oxidation sites excluding steroid dienone is 3. The smallest absolute Gasteiger partial charge is 0.229 e. The van der Waals surface area contributed by atoms with Crippen LogP contribution in [0.25, 0.3) is 11.1 Å². The third-order valence-electron chi connectivity index (χ3n) is 5.31. The number of nitrogens with two attached hydrogens (primary N) is 1. The lowest BCUT2D eigenvalue weighted by atomic mass is 10.0. The summed E-state index contributed by atoms with van der Waals surface area (Å²) in [5, 5.41) is 15.7. The van der Waals surface area contributed by atoms with Crippen LogP contribution in [0.4, 0.5) is 5.82 Å². The molecule has 0 aliphatic heterocycles. The predicted octanol–water partition coefficient (Wildman–Crippen LogP) is 4.46. The quantitative estimate of drug-likeness (QED) is 0.572. The minimum atomic E-state index is -0.0422. The summed E-state index contributed by atoms with van der Waals surface area (Å²) >= 11 is 0. The molecule has 0 atom stereocenters. The molecule has 34 heavy (non-hydrogen) atoms. The van der Waals surface area contributed by atoms with E-state index in [0.717, 1.165) is 52.7 Å². The Morgan fingerprint density at radius 2 is 2.06 bits per heavy atom. The summed E-state index contributed by atoms with van der Waals surface area (Å²) in [6.45, 7) is 2.57. The van der Waals surface area contributed by atoms with E-state index in [2.05, 4.69) is 33.6 Å². The Bertz CT molecular complexity index is 1210. The lowest BCUT2D eigenvalue weighted by molar-refractivity contribution is -0.115. The number of nitrogens with one attached hydrogen (secondary N) is 1. The van der Waals surface area contributed by atoms with Crippen LogP contribution in [0.3, 0.4) is 0 Å². The normalized spacial score (nSPS) is 12.2. The van der Waals surface area contributed by atoms with Crippen molar-refractivity contribution < 1.29 is 4.79 Å². The summed E-state index contributed by atoms with van der Waals surface area (Å²) in [4.78, 5) is 16.3. The van der Waals surface area contributed by atoms with E-state index < -0.39 is 0 Å². The molecule has 1 aromatic carbocycles. The molecule has 0 saturated carbocycles. The minimum absolute atomic E-state index is 0.0422. The summed E-state index contributed by atoms with van der Waals surface area (Å²) in [6.07, 6.45) is 14.9. The summed E-state index contributed by atoms with van der Waals surface area (Å²) in [6, 6.07) is 11.8. The summed E-state index contributed by atoms with van der Waals surface area (Å²) in [7, 11) is 1.87. The Hall–Kier alpha value is -4.02. The fourth-order valence-corrected chi connectivity index (χ4v) is 3.55. The van der Waals surface area contributed by atoms with Crippen molar-refractivity contribution in [3.63, 3.8) is 0 Å². The van der Waals surface area contributed by atoms with E-state index in [-0.39, 0.29) is 5.91 Å². The zero-order valence-corrected chi connectivity index (χ0v) is 19.7. The van der Waals surface area contributed by atoms with Crippen LogP contribution in [0.5, 0.6) is 0 Å². The van der Waals surface area contributed by atoms with Gasteiger partial charge in [-0.2, -0.15) is 10.4 Å². The van der Waals surface area contributed by atoms with Gasteiger partial charge in [-0.3, -0.25) is 9.48 Å². The van der Waals surface area contributed by atoms with Crippen molar-refractivity contribution in [3.8, 4) is 17.2 Å². The molecule has 0 fully saturated rings. The van der Waals surface area contributed by atoms with Crippen LogP contribution in [-0.4, -0.2) is 27.2 Å². The third-order valence-corrected chi connectivity index (χ3v) is 5.31. The van der Waals surface area contributed by atoms with Crippen LogP contribution in [-0.2, 0) is 18.3 Å². The molecule has 0 bridgehead atoms. The van der Waals surface area contributed by atoms with Crippen molar-refractivity contribution in [1.29, 1.82) is 5.26 Å². The SMILES string of the molecule is Cc1ccc(CCN)c(C#N)c1.Cn1cc(-c2ccc(NC(=O)CC3=CCCC=C3)nc2)cn1. The first-order valence-corrected chi connectivity index (χ1v) is 11.3. The van der Waals surface area contributed by atoms with E-state index in [9.17, 15) is 4.79 Å². The lowest BCUT2D eigenvalue weighted by Gasteiger charge is -2.08. The van der Waals surface area contributed by atoms with Gasteiger partial charge in [0.15, 0.2) is 0 Å². The van der Waals surface area contributed by atoms with Crippen LogP contribution < -0.4 is 11.1 Å². The molecule has 0 unspecified atom stereocenters. The third kappa shape index (κ3) is 7.26. The fourth-order valence-electron chi connectivity index (χ4n) is 3.55. The van der Waals surface area contributed by atoms with Gasteiger partial charge in [0, 0.05) is 30.6 Å². The molecule has 1 amide bonds. The van der Waals surface area contributed by atoms with Crippen molar-refractivity contribution in [2.75, 3.05) is 11.9 Å². The topological polar surface area (TPSA) is 110 Å². The highest BCUT2D eigenvalue weighted by Gasteiger charge is 2.08. The molecule has 4 rings (SSSR count). The predicted molar refractivity (Wildman–Crippen MR) is 135 cm³/mol. The highest BCUT2D eigenvalue weighted by atomic mass is 16.1. The van der Waals surface area contributed by atoms with Crippen LogP contribution >= 0.6 is 0 Å². The number of carbonyl (C=O) groups is 1. The van der Waals surface area contributed by atoms with E-state index >= 15 is 0 Å². The van der Waals surface area contributed by atoms with Crippen LogP contribution in [0.15, 0.2) is 72.7 Å². The number of carbonyl (C=O) groups excluding carboxylic acids is 1. The van der Waals surface area contributed by atoms with E-state index in [0.29, 0.717) is 18.8 Å². The molecule has 7 heteroatoms. The number of anilines is 1. The number of nitriles is 1. The number of hydrogen-bond donors (Lipinski definition) is 2. The lowest BCUT2D eigenvalue weighted by Crippen LogP contribution is -2.13. The molecule has 2 heterocycles. The van der Waals surface area contributed by atoms with Crippen molar-refractivity contribution in [2.24, 2.45) is 12.8 Å². The van der Waals surface area contributed by atoms with Gasteiger partial charge < -0.3 is 11.1 Å². The molecule has 7 nitrogen and oxygen atoms in total. The molecule has 174 valence electrons. The fraction of sp³-hybridized carbons (Fsp3) is 0.259. The standard InChI is InChI=1S/C17H18N4O.C10H12N2/c1-21-12-15(11-19-21)14-7-8-16(18-10-14)20-17(22)9-13-5-3-2-4-6-13;1-8-2-3-9(4-5-11)10(6-8)7-12/h3,5-8,10-12H,2,4,9H2,1H3,(H,18,20,22);2-3,6H,4-5,11H2,1H3. The molecule has 3 N–H and O–H groups in total. The minimum Gasteiger partial charge on any atom is -0.330 e. The van der Waals surface area contributed by atoms with Gasteiger partial charge >= 0.3 is 0 Å². The maximum absolute atomic E-state index is 12.0. The number of pyridine rings is 1. The van der Waals surface area contributed by atoms with E-state index in [1.807, 2.05) is 56.6 Å². The molecular formula is C27H30N6O. The zero-order chi connectivity index (χ0) is 24.3. The maximum Gasteiger partial charge on any atom is 0.229 e. The number of nitrogens with zero attached hydrogens (tertiary/aromatic N) is 4. The second-order valence-electron chi connectivity index (χ2n) is 8.13. The maximum atomic E-state index is 12.0. The first-order valence-electron chi connectivity index (χ1n) is 11.3. The number of aromatic nitrogens is 3. The Kier molecular flexibility index (Phi) is 8.89. The number of benzene rings is 1. The molecule has 1 aliphatic rings. The van der Waals surface area contributed by atoms with Crippen molar-refractivity contribution in [1.82, 2.24) is 14.8 Å². The van der Waals surface area contributed by atoms with Crippen molar-refractivity contribution >= 4 is 11.7 Å². The Morgan fingerprint density at radius 3 is 2.68 bits per heavy atom. The largest absolute Gasteiger partial charge is 0.330 e. The highest BCUT2D eigenvalue weighted by Crippen LogP contribution is 2.19. The molecular weight excluding hydrogens is 424 g/mol. The number of hydrogen-bond acceptors (Lipinski definition) is 5. The van der Waals surface area contributed by atoms with E-state index in [1.165, 1.54) is 0 Å². The van der Waals surface area contributed by atoms with Crippen LogP contribution in [0, 0.1) is 18.3 Å². The van der Waals surface area contributed by atoms with Crippen LogP contribution in [0.2, 0.25) is 0 Å². The van der Waals surface area contributed by atoms with Gasteiger partial charge in [-0.05, 0) is 67.6 Å². The van der Waals surface area contributed by atoms with Crippen LogP contribution in [0.1, 0.15) is 36.0 Å². The van der Waals surface area contributed by atoms with Gasteiger partial charge in [0.2, 0.25) is 5.91 Å². The van der Waals surface area contributed by atoms with E-state index in [1.54, 1.807) is 17.1 Å². The Labute approximate surface area is 200 Å². The second-order valence-corrected chi connectivity index (χ2v) is 8.13. The first kappa shape index (κ1) is 24.6. The zero-order valence-electron chi connectivity index (χ0n) is 19.7. The van der Waals surface area contributed by atoms with Crippen molar-refractivity contribution in [2.45, 2.75) is 32.6 Å². The Balaban J connectivity index is 0.000000229. The average Bonchev–Trinajstić information content (AvgIpc) is 3.28. The molecule has 0 spiro atoms. The summed E-state index contributed by atoms with van der Waals surface area (Å²) in [5.74, 6) is 0.525. The van der Waals surface area contributed by atoms with Crippen molar-refractivity contribution in [3.05, 3.63) is 89.4 Å². The van der Waals surface area contributed by atoms with Gasteiger partial charge in [-0.1, -0.05) is 30.4 Å². The number of aryl methyl sites for hydroxylation is 2. The van der Waals surface area contributed by atoms with E-state index in [4.69, 9.17) is 11.0 Å². The summed E-state index contributed by atoms with van der Waals surface area (Å²) in [5.41, 5.74) is 11.4. The number of amides is 1. The summed E-state index contributed by atoms with van der Waals surface area (Å²) < 4.78 is 1.75. The average molecular weight is 455 g/mol.